The summed E-state index contributed by atoms with van der Waals surface area (Å²) in [6, 6.07) is 14.8. The highest BCUT2D eigenvalue weighted by Crippen LogP contribution is 2.36. The Bertz CT molecular complexity index is 854. The highest BCUT2D eigenvalue weighted by atomic mass is 16.5. The van der Waals surface area contributed by atoms with Crippen molar-refractivity contribution in [1.82, 2.24) is 10.6 Å². The predicted octanol–water partition coefficient (Wildman–Crippen LogP) is 3.52. The molecule has 0 heterocycles. The number of hydrogen-bond donors (Lipinski definition) is 2. The number of methoxy groups -OCH3 is 2. The second kappa shape index (κ2) is 9.65. The molecule has 1 aliphatic carbocycles. The van der Waals surface area contributed by atoms with E-state index in [0.717, 1.165) is 12.8 Å². The van der Waals surface area contributed by atoms with Crippen LogP contribution in [-0.2, 0) is 4.79 Å². The van der Waals surface area contributed by atoms with Crippen molar-refractivity contribution in [2.75, 3.05) is 14.2 Å². The number of rotatable bonds is 8. The van der Waals surface area contributed by atoms with E-state index in [0.29, 0.717) is 23.0 Å². The first-order valence-corrected chi connectivity index (χ1v) is 10.3. The minimum Gasteiger partial charge on any atom is -0.497 e. The Morgan fingerprint density at radius 2 is 1.57 bits per heavy atom. The van der Waals surface area contributed by atoms with Crippen LogP contribution >= 0.6 is 0 Å². The van der Waals surface area contributed by atoms with Gasteiger partial charge in [-0.2, -0.15) is 0 Å². The molecule has 1 aliphatic rings. The Morgan fingerprint density at radius 3 is 2.10 bits per heavy atom. The molecule has 6 heteroatoms. The lowest BCUT2D eigenvalue weighted by Gasteiger charge is -2.37. The Hall–Kier alpha value is -3.02. The average molecular weight is 411 g/mol. The van der Waals surface area contributed by atoms with E-state index >= 15 is 0 Å². The molecule has 0 aromatic heterocycles. The zero-order valence-electron chi connectivity index (χ0n) is 18.0. The van der Waals surface area contributed by atoms with Gasteiger partial charge in [-0.3, -0.25) is 9.59 Å². The summed E-state index contributed by atoms with van der Waals surface area (Å²) in [6.45, 7) is 3.84. The Kier molecular flexibility index (Phi) is 6.98. The number of hydrogen-bond acceptors (Lipinski definition) is 4. The van der Waals surface area contributed by atoms with Crippen molar-refractivity contribution in [1.29, 1.82) is 0 Å². The molecule has 2 aromatic carbocycles. The summed E-state index contributed by atoms with van der Waals surface area (Å²) in [4.78, 5) is 25.7. The zero-order valence-corrected chi connectivity index (χ0v) is 18.0. The highest BCUT2D eigenvalue weighted by Gasteiger charge is 2.34. The van der Waals surface area contributed by atoms with Gasteiger partial charge in [0.2, 0.25) is 5.91 Å². The van der Waals surface area contributed by atoms with E-state index in [1.54, 1.807) is 18.2 Å². The van der Waals surface area contributed by atoms with E-state index in [1.165, 1.54) is 19.8 Å². The standard InChI is InChI=1S/C24H30N2O4/c1-15(2)22(26-23(27)18-12-20(29-3)14-21(13-18)30-4)24(28)25-19-10-17(11-19)16-8-6-5-7-9-16/h5-9,12-15,17,19,22H,10-11H2,1-4H3,(H,25,28)(H,26,27). The molecule has 30 heavy (non-hydrogen) atoms. The van der Waals surface area contributed by atoms with E-state index in [1.807, 2.05) is 32.0 Å². The summed E-state index contributed by atoms with van der Waals surface area (Å²) in [5, 5.41) is 5.97. The van der Waals surface area contributed by atoms with Crippen molar-refractivity contribution in [2.45, 2.75) is 44.7 Å². The molecule has 2 aromatic rings. The fourth-order valence-electron chi connectivity index (χ4n) is 3.72. The number of carbonyl (C=O) groups excluding carboxylic acids is 2. The first-order chi connectivity index (χ1) is 14.4. The van der Waals surface area contributed by atoms with Crippen LogP contribution in [0, 0.1) is 5.92 Å². The SMILES string of the molecule is COc1cc(OC)cc(C(=O)NC(C(=O)NC2CC(c3ccccc3)C2)C(C)C)c1. The first-order valence-electron chi connectivity index (χ1n) is 10.3. The maximum atomic E-state index is 12.9. The normalized spacial score (nSPS) is 18.8. The van der Waals surface area contributed by atoms with Crippen LogP contribution in [0.15, 0.2) is 48.5 Å². The van der Waals surface area contributed by atoms with Crippen LogP contribution in [0.5, 0.6) is 11.5 Å². The quantitative estimate of drug-likeness (QED) is 0.698. The summed E-state index contributed by atoms with van der Waals surface area (Å²) < 4.78 is 10.5. The van der Waals surface area contributed by atoms with Gasteiger partial charge in [-0.25, -0.2) is 0 Å². The lowest BCUT2D eigenvalue weighted by molar-refractivity contribution is -0.125. The van der Waals surface area contributed by atoms with E-state index in [9.17, 15) is 9.59 Å². The van der Waals surface area contributed by atoms with E-state index in [2.05, 4.69) is 22.8 Å². The van der Waals surface area contributed by atoms with Gasteiger partial charge in [0, 0.05) is 17.7 Å². The molecule has 1 unspecified atom stereocenters. The predicted molar refractivity (Wildman–Crippen MR) is 116 cm³/mol. The molecular weight excluding hydrogens is 380 g/mol. The van der Waals surface area contributed by atoms with Crippen LogP contribution in [0.4, 0.5) is 0 Å². The fourth-order valence-corrected chi connectivity index (χ4v) is 3.72. The van der Waals surface area contributed by atoms with Crippen molar-refractivity contribution in [3.63, 3.8) is 0 Å². The average Bonchev–Trinajstić information content (AvgIpc) is 2.73. The minimum absolute atomic E-state index is 0.0496. The lowest BCUT2D eigenvalue weighted by Crippen LogP contribution is -2.54. The summed E-state index contributed by atoms with van der Waals surface area (Å²) in [6.07, 6.45) is 1.84. The summed E-state index contributed by atoms with van der Waals surface area (Å²) >= 11 is 0. The third kappa shape index (κ3) is 5.12. The second-order valence-electron chi connectivity index (χ2n) is 8.08. The van der Waals surface area contributed by atoms with E-state index < -0.39 is 6.04 Å². The molecule has 1 fully saturated rings. The maximum absolute atomic E-state index is 12.9. The smallest absolute Gasteiger partial charge is 0.252 e. The molecule has 6 nitrogen and oxygen atoms in total. The van der Waals surface area contributed by atoms with Crippen molar-refractivity contribution in [3.05, 3.63) is 59.7 Å². The molecule has 0 aliphatic heterocycles. The van der Waals surface area contributed by atoms with Gasteiger partial charge < -0.3 is 20.1 Å². The van der Waals surface area contributed by atoms with Gasteiger partial charge in [-0.1, -0.05) is 44.2 Å². The molecule has 0 bridgehead atoms. The van der Waals surface area contributed by atoms with Crippen LogP contribution in [0.1, 0.15) is 48.5 Å². The summed E-state index contributed by atoms with van der Waals surface area (Å²) in [5.41, 5.74) is 1.70. The Labute approximate surface area is 178 Å². The van der Waals surface area contributed by atoms with E-state index in [-0.39, 0.29) is 23.8 Å². The van der Waals surface area contributed by atoms with Gasteiger partial charge in [0.15, 0.2) is 0 Å². The van der Waals surface area contributed by atoms with Crippen LogP contribution in [0.3, 0.4) is 0 Å². The zero-order chi connectivity index (χ0) is 21.7. The van der Waals surface area contributed by atoms with Crippen LogP contribution < -0.4 is 20.1 Å². The molecule has 1 saturated carbocycles. The van der Waals surface area contributed by atoms with Gasteiger partial charge in [-0.15, -0.1) is 0 Å². The number of benzene rings is 2. The van der Waals surface area contributed by atoms with Gasteiger partial charge >= 0.3 is 0 Å². The fraction of sp³-hybridized carbons (Fsp3) is 0.417. The maximum Gasteiger partial charge on any atom is 0.252 e. The molecule has 2 amide bonds. The topological polar surface area (TPSA) is 76.7 Å². The van der Waals surface area contributed by atoms with Gasteiger partial charge in [0.25, 0.3) is 5.91 Å². The van der Waals surface area contributed by atoms with Crippen molar-refractivity contribution >= 4 is 11.8 Å². The summed E-state index contributed by atoms with van der Waals surface area (Å²) in [7, 11) is 3.06. The van der Waals surface area contributed by atoms with Gasteiger partial charge in [0.1, 0.15) is 17.5 Å². The molecule has 0 saturated heterocycles. The monoisotopic (exact) mass is 410 g/mol. The largest absolute Gasteiger partial charge is 0.497 e. The number of amides is 2. The molecule has 0 spiro atoms. The Balaban J connectivity index is 1.60. The molecule has 3 rings (SSSR count). The first kappa shape index (κ1) is 21.7. The molecule has 2 N–H and O–H groups in total. The number of carbonyl (C=O) groups is 2. The van der Waals surface area contributed by atoms with Crippen molar-refractivity contribution in [3.8, 4) is 11.5 Å². The van der Waals surface area contributed by atoms with Crippen LogP contribution in [-0.4, -0.2) is 38.1 Å². The number of ether oxygens (including phenoxy) is 2. The second-order valence-corrected chi connectivity index (χ2v) is 8.08. The van der Waals surface area contributed by atoms with Crippen molar-refractivity contribution in [2.24, 2.45) is 5.92 Å². The molecular formula is C24H30N2O4. The van der Waals surface area contributed by atoms with Gasteiger partial charge in [-0.05, 0) is 42.4 Å². The third-order valence-electron chi connectivity index (χ3n) is 5.60. The Morgan fingerprint density at radius 1 is 0.967 bits per heavy atom. The molecule has 160 valence electrons. The van der Waals surface area contributed by atoms with Crippen molar-refractivity contribution < 1.29 is 19.1 Å². The molecule has 1 atom stereocenters. The highest BCUT2D eigenvalue weighted by molar-refractivity contribution is 5.98. The lowest BCUT2D eigenvalue weighted by atomic mass is 9.76. The van der Waals surface area contributed by atoms with Crippen LogP contribution in [0.25, 0.3) is 0 Å². The minimum atomic E-state index is -0.620. The van der Waals surface area contributed by atoms with Gasteiger partial charge in [0.05, 0.1) is 14.2 Å². The van der Waals surface area contributed by atoms with Crippen LogP contribution in [0.2, 0.25) is 0 Å². The van der Waals surface area contributed by atoms with E-state index in [4.69, 9.17) is 9.47 Å². The summed E-state index contributed by atoms with van der Waals surface area (Å²) in [5.74, 6) is 0.985. The third-order valence-corrected chi connectivity index (χ3v) is 5.60. The molecule has 0 radical (unpaired) electrons. The number of nitrogens with one attached hydrogen (secondary N) is 2.